The third-order valence-corrected chi connectivity index (χ3v) is 6.09. The average molecular weight is 372 g/mol. The molecule has 1 rings (SSSR count). The van der Waals surface area contributed by atoms with Gasteiger partial charge in [-0.2, -0.15) is 0 Å². The normalized spacial score (nSPS) is 12.8. The first-order valence-corrected chi connectivity index (χ1v) is 9.20. The molecule has 24 heavy (non-hydrogen) atoms. The number of benzene rings is 1. The molecule has 0 radical (unpaired) electrons. The second kappa shape index (κ2) is 7.90. The Morgan fingerprint density at radius 2 is 0.792 bits per heavy atom. The van der Waals surface area contributed by atoms with E-state index in [0.717, 1.165) is 0 Å². The van der Waals surface area contributed by atoms with Crippen molar-refractivity contribution in [2.24, 2.45) is 0 Å². The van der Waals surface area contributed by atoms with Crippen LogP contribution in [0.15, 0.2) is 0 Å². The lowest BCUT2D eigenvalue weighted by Gasteiger charge is -2.34. The van der Waals surface area contributed by atoms with Crippen molar-refractivity contribution < 1.29 is 35.2 Å². The van der Waals surface area contributed by atoms with E-state index in [2.05, 4.69) is 0 Å². The largest absolute Gasteiger partial charge is 0.544 e. The van der Waals surface area contributed by atoms with Crippen LogP contribution >= 0.6 is 0 Å². The van der Waals surface area contributed by atoms with Crippen LogP contribution in [0.3, 0.4) is 0 Å². The molecule has 0 bridgehead atoms. The maximum atomic E-state index is 14.3. The van der Waals surface area contributed by atoms with Gasteiger partial charge in [0.2, 0.25) is 5.82 Å². The molecule has 9 heteroatoms. The SMILES string of the molecule is CC(C)O[Si](OC(C)C)(OC(C)C)c1c(F)c(F)c(F)c(F)c1F. The molecule has 138 valence electrons. The predicted molar refractivity (Wildman–Crippen MR) is 80.3 cm³/mol. The summed E-state index contributed by atoms with van der Waals surface area (Å²) in [6.45, 7) is 9.26. The van der Waals surface area contributed by atoms with Crippen LogP contribution in [0.1, 0.15) is 41.5 Å². The van der Waals surface area contributed by atoms with Crippen molar-refractivity contribution in [3.05, 3.63) is 29.1 Å². The van der Waals surface area contributed by atoms with Crippen LogP contribution in [0.4, 0.5) is 22.0 Å². The highest BCUT2D eigenvalue weighted by atomic mass is 28.4. The molecular formula is C15H21F5O3Si. The molecule has 0 amide bonds. The molecule has 0 heterocycles. The first-order chi connectivity index (χ1) is 10.9. The van der Waals surface area contributed by atoms with Gasteiger partial charge in [0.05, 0.1) is 0 Å². The molecular weight excluding hydrogens is 351 g/mol. The molecule has 0 aromatic heterocycles. The molecule has 0 unspecified atom stereocenters. The number of halogens is 5. The van der Waals surface area contributed by atoms with E-state index in [9.17, 15) is 22.0 Å². The summed E-state index contributed by atoms with van der Waals surface area (Å²) in [6, 6.07) is 0. The smallest absolute Gasteiger partial charge is 0.367 e. The van der Waals surface area contributed by atoms with Gasteiger partial charge in [-0.3, -0.25) is 0 Å². The highest BCUT2D eigenvalue weighted by molar-refractivity contribution is 6.75. The third kappa shape index (κ3) is 4.32. The summed E-state index contributed by atoms with van der Waals surface area (Å²) in [4.78, 5) is 0. The van der Waals surface area contributed by atoms with Gasteiger partial charge in [-0.25, -0.2) is 22.0 Å². The number of hydrogen-bond acceptors (Lipinski definition) is 3. The van der Waals surface area contributed by atoms with Crippen molar-refractivity contribution in [3.8, 4) is 0 Å². The lowest BCUT2D eigenvalue weighted by atomic mass is 10.3. The molecule has 1 aromatic rings. The lowest BCUT2D eigenvalue weighted by Crippen LogP contribution is -2.62. The molecule has 1 aromatic carbocycles. The Morgan fingerprint density at radius 1 is 0.542 bits per heavy atom. The quantitative estimate of drug-likeness (QED) is 0.315. The lowest BCUT2D eigenvalue weighted by molar-refractivity contribution is 0.0140. The predicted octanol–water partition coefficient (Wildman–Crippen LogP) is 3.80. The Labute approximate surface area is 139 Å². The van der Waals surface area contributed by atoms with Gasteiger partial charge in [0, 0.05) is 18.3 Å². The Hall–Kier alpha value is -1.03. The van der Waals surface area contributed by atoms with E-state index in [4.69, 9.17) is 13.3 Å². The molecule has 0 saturated heterocycles. The van der Waals surface area contributed by atoms with Gasteiger partial charge in [-0.15, -0.1) is 0 Å². The van der Waals surface area contributed by atoms with Crippen molar-refractivity contribution in [2.45, 2.75) is 59.9 Å². The van der Waals surface area contributed by atoms with Crippen molar-refractivity contribution in [1.29, 1.82) is 0 Å². The van der Waals surface area contributed by atoms with E-state index in [1.165, 1.54) is 0 Å². The summed E-state index contributed by atoms with van der Waals surface area (Å²) in [6.07, 6.45) is -1.91. The molecule has 0 N–H and O–H groups in total. The molecule has 3 nitrogen and oxygen atoms in total. The fraction of sp³-hybridized carbons (Fsp3) is 0.600. The van der Waals surface area contributed by atoms with Crippen LogP contribution in [0.2, 0.25) is 0 Å². The molecule has 0 saturated carbocycles. The maximum absolute atomic E-state index is 14.3. The summed E-state index contributed by atoms with van der Waals surface area (Å²) in [7, 11) is -4.43. The van der Waals surface area contributed by atoms with Gasteiger partial charge in [-0.1, -0.05) is 0 Å². The van der Waals surface area contributed by atoms with Gasteiger partial charge in [0.1, 0.15) is 5.19 Å². The Kier molecular flexibility index (Phi) is 6.91. The molecule has 0 spiro atoms. The minimum atomic E-state index is -4.43. The van der Waals surface area contributed by atoms with Crippen LogP contribution in [-0.2, 0) is 13.3 Å². The molecule has 0 aliphatic carbocycles. The standard InChI is InChI=1S/C15H21F5O3Si/c1-7(2)21-24(22-8(3)4,23-9(5)6)15-13(19)11(17)10(16)12(18)14(15)20/h7-9H,1-6H3. The second-order valence-corrected chi connectivity index (χ2v) is 8.32. The molecule has 0 aliphatic heterocycles. The van der Waals surface area contributed by atoms with E-state index >= 15 is 0 Å². The van der Waals surface area contributed by atoms with E-state index in [1.807, 2.05) is 0 Å². The van der Waals surface area contributed by atoms with Gasteiger partial charge < -0.3 is 13.3 Å². The van der Waals surface area contributed by atoms with Gasteiger partial charge >= 0.3 is 8.80 Å². The summed E-state index contributed by atoms with van der Waals surface area (Å²) >= 11 is 0. The highest BCUT2D eigenvalue weighted by Crippen LogP contribution is 2.25. The monoisotopic (exact) mass is 372 g/mol. The fourth-order valence-corrected chi connectivity index (χ4v) is 5.20. The summed E-state index contributed by atoms with van der Waals surface area (Å²) in [5.74, 6) is -10.4. The molecule has 0 aliphatic rings. The first kappa shape index (κ1) is 21.0. The van der Waals surface area contributed by atoms with Crippen LogP contribution < -0.4 is 5.19 Å². The topological polar surface area (TPSA) is 27.7 Å². The van der Waals surface area contributed by atoms with Crippen LogP contribution in [-0.4, -0.2) is 27.1 Å². The third-order valence-electron chi connectivity index (χ3n) is 2.69. The van der Waals surface area contributed by atoms with Crippen molar-refractivity contribution in [3.63, 3.8) is 0 Å². The second-order valence-electron chi connectivity index (χ2n) is 6.00. The van der Waals surface area contributed by atoms with Crippen molar-refractivity contribution in [1.82, 2.24) is 0 Å². The summed E-state index contributed by atoms with van der Waals surface area (Å²) < 4.78 is 85.8. The minimum absolute atomic E-state index is 0.635. The van der Waals surface area contributed by atoms with Crippen molar-refractivity contribution in [2.75, 3.05) is 0 Å². The van der Waals surface area contributed by atoms with Gasteiger partial charge in [0.25, 0.3) is 0 Å². The van der Waals surface area contributed by atoms with E-state index < -0.39 is 61.4 Å². The summed E-state index contributed by atoms with van der Waals surface area (Å²) in [5.41, 5.74) is 0. The van der Waals surface area contributed by atoms with Gasteiger partial charge in [-0.05, 0) is 41.5 Å². The number of hydrogen-bond donors (Lipinski definition) is 0. The minimum Gasteiger partial charge on any atom is -0.367 e. The van der Waals surface area contributed by atoms with Gasteiger partial charge in [0.15, 0.2) is 23.3 Å². The molecule has 0 fully saturated rings. The van der Waals surface area contributed by atoms with Crippen LogP contribution in [0, 0.1) is 29.1 Å². The highest BCUT2D eigenvalue weighted by Gasteiger charge is 2.53. The molecule has 0 atom stereocenters. The Bertz CT molecular complexity index is 537. The first-order valence-electron chi connectivity index (χ1n) is 7.48. The van der Waals surface area contributed by atoms with Crippen LogP contribution in [0.25, 0.3) is 0 Å². The average Bonchev–Trinajstić information content (AvgIpc) is 2.40. The number of rotatable bonds is 7. The fourth-order valence-electron chi connectivity index (χ4n) is 2.06. The Balaban J connectivity index is 3.76. The Morgan fingerprint density at radius 3 is 1.04 bits per heavy atom. The van der Waals surface area contributed by atoms with E-state index in [1.54, 1.807) is 41.5 Å². The zero-order valence-corrected chi connectivity index (χ0v) is 15.3. The van der Waals surface area contributed by atoms with E-state index in [0.29, 0.717) is 0 Å². The van der Waals surface area contributed by atoms with Crippen molar-refractivity contribution >= 4 is 14.0 Å². The van der Waals surface area contributed by atoms with Crippen LogP contribution in [0.5, 0.6) is 0 Å². The maximum Gasteiger partial charge on any atom is 0.544 e. The van der Waals surface area contributed by atoms with E-state index in [-0.39, 0.29) is 0 Å². The zero-order valence-electron chi connectivity index (χ0n) is 14.3. The zero-order chi connectivity index (χ0) is 18.8. The summed E-state index contributed by atoms with van der Waals surface area (Å²) in [5, 5.41) is -1.17.